The fraction of sp³-hybridized carbons (Fsp3) is 0.0909. The molecule has 108 valence electrons. The summed E-state index contributed by atoms with van der Waals surface area (Å²) in [6, 6.07) is 5.34. The van der Waals surface area contributed by atoms with Crippen LogP contribution in [0.1, 0.15) is 5.56 Å². The molecule has 2 aromatic carbocycles. The van der Waals surface area contributed by atoms with E-state index in [2.05, 4.69) is 9.37 Å². The summed E-state index contributed by atoms with van der Waals surface area (Å²) in [7, 11) is -4.71. The zero-order valence-electron chi connectivity index (χ0n) is 12.0. The molecule has 0 aliphatic carbocycles. The molecule has 1 N–H and O–H groups in total. The van der Waals surface area contributed by atoms with Crippen molar-refractivity contribution < 1.29 is 91.8 Å². The molecule has 0 saturated carbocycles. The molecule has 0 bridgehead atoms. The standard InChI is InChI=1S/C11H10O7S2.2Na/c1-6-8(12)5-9(19-18-17-13)7-3-2-4-10(11(6)7)20(14,15)16;;/h2-5,12-13H,1H3,(H,14,15,16);;/q;2*+1/p-2. The van der Waals surface area contributed by atoms with Gasteiger partial charge in [-0.15, -0.1) is 0 Å². The van der Waals surface area contributed by atoms with Gasteiger partial charge < -0.3 is 14.9 Å². The number of aryl methyl sites for hydroxylation is 1. The van der Waals surface area contributed by atoms with E-state index in [1.54, 1.807) is 0 Å². The topological polar surface area (TPSA) is 119 Å². The van der Waals surface area contributed by atoms with E-state index in [9.17, 15) is 23.3 Å². The molecule has 0 atom stereocenters. The van der Waals surface area contributed by atoms with Crippen molar-refractivity contribution in [1.29, 1.82) is 0 Å². The van der Waals surface area contributed by atoms with E-state index in [1.807, 2.05) is 0 Å². The van der Waals surface area contributed by atoms with Crippen LogP contribution in [0.3, 0.4) is 0 Å². The molecule has 0 heterocycles. The number of hydrogen-bond donors (Lipinski definition) is 1. The largest absolute Gasteiger partial charge is 1.00 e. The third-order valence-electron chi connectivity index (χ3n) is 2.74. The summed E-state index contributed by atoms with van der Waals surface area (Å²) in [6.45, 7) is 1.48. The molecule has 0 amide bonds. The molecule has 0 unspecified atom stereocenters. The second-order valence-corrected chi connectivity index (χ2v) is 5.96. The van der Waals surface area contributed by atoms with Crippen LogP contribution in [0.15, 0.2) is 34.1 Å². The van der Waals surface area contributed by atoms with Crippen molar-refractivity contribution in [2.24, 2.45) is 0 Å². The van der Waals surface area contributed by atoms with Gasteiger partial charge in [-0.25, -0.2) is 8.42 Å². The first-order valence-corrected chi connectivity index (χ1v) is 7.35. The molecule has 2 aromatic rings. The van der Waals surface area contributed by atoms with Crippen LogP contribution in [0.2, 0.25) is 0 Å². The van der Waals surface area contributed by atoms with Crippen LogP contribution in [-0.4, -0.2) is 18.1 Å². The number of aromatic hydroxyl groups is 1. The number of phenols is 1. The molecule has 7 nitrogen and oxygen atoms in total. The van der Waals surface area contributed by atoms with Gasteiger partial charge in [0, 0.05) is 5.39 Å². The van der Waals surface area contributed by atoms with E-state index in [0.717, 1.165) is 6.07 Å². The van der Waals surface area contributed by atoms with Crippen molar-refractivity contribution in [2.45, 2.75) is 16.7 Å². The molecular formula is C11H8Na2O7S2. The maximum Gasteiger partial charge on any atom is 1.00 e. The summed E-state index contributed by atoms with van der Waals surface area (Å²) < 4.78 is 38.0. The van der Waals surface area contributed by atoms with Gasteiger partial charge in [0.1, 0.15) is 15.9 Å². The minimum atomic E-state index is -4.71. The van der Waals surface area contributed by atoms with Crippen molar-refractivity contribution >= 4 is 32.9 Å². The first-order chi connectivity index (χ1) is 9.36. The molecule has 0 aliphatic heterocycles. The molecule has 0 radical (unpaired) electrons. The molecule has 0 aromatic heterocycles. The summed E-state index contributed by atoms with van der Waals surface area (Å²) in [4.78, 5) is -0.210. The summed E-state index contributed by atoms with van der Waals surface area (Å²) >= 11 is 0.501. The number of rotatable bonds is 4. The first-order valence-electron chi connectivity index (χ1n) is 5.20. The van der Waals surface area contributed by atoms with Gasteiger partial charge in [-0.05, 0) is 30.0 Å². The van der Waals surface area contributed by atoms with Gasteiger partial charge in [0.25, 0.3) is 0 Å². The predicted molar refractivity (Wildman–Crippen MR) is 66.3 cm³/mol. The van der Waals surface area contributed by atoms with E-state index in [4.69, 9.17) is 0 Å². The van der Waals surface area contributed by atoms with E-state index in [0.29, 0.717) is 17.4 Å². The van der Waals surface area contributed by atoms with Gasteiger partial charge in [-0.2, -0.15) is 4.33 Å². The molecule has 0 fully saturated rings. The van der Waals surface area contributed by atoms with Crippen molar-refractivity contribution in [3.05, 3.63) is 29.8 Å². The van der Waals surface area contributed by atoms with E-state index in [-0.39, 0.29) is 80.7 Å². The Labute approximate surface area is 175 Å². The Morgan fingerprint density at radius 3 is 2.45 bits per heavy atom. The van der Waals surface area contributed by atoms with Crippen molar-refractivity contribution in [3.8, 4) is 5.75 Å². The molecule has 0 aliphatic rings. The fourth-order valence-corrected chi connectivity index (χ4v) is 3.17. The van der Waals surface area contributed by atoms with Crippen molar-refractivity contribution in [2.75, 3.05) is 0 Å². The van der Waals surface area contributed by atoms with Crippen molar-refractivity contribution in [1.82, 2.24) is 0 Å². The Hall–Kier alpha value is 0.640. The van der Waals surface area contributed by atoms with Crippen molar-refractivity contribution in [3.63, 3.8) is 0 Å². The summed E-state index contributed by atoms with van der Waals surface area (Å²) in [6.07, 6.45) is 0. The monoisotopic (exact) mass is 362 g/mol. The minimum absolute atomic E-state index is 0. The van der Waals surface area contributed by atoms with Crippen LogP contribution in [0, 0.1) is 6.92 Å². The third-order valence-corrected chi connectivity index (χ3v) is 4.26. The van der Waals surface area contributed by atoms with Gasteiger partial charge in [-0.3, -0.25) is 5.04 Å². The number of fused-ring (bicyclic) bond motifs is 1. The Bertz CT molecular complexity index is 765. The molecule has 11 heteroatoms. The SMILES string of the molecule is Cc1c(O)cc(SOO[O-])c2cccc(S(=O)(=O)[O-])c12.[Na+].[Na+]. The van der Waals surface area contributed by atoms with Crippen LogP contribution in [0.25, 0.3) is 10.8 Å². The number of phenolic OH excluding ortho intramolecular Hbond substituents is 1. The van der Waals surface area contributed by atoms with Crippen LogP contribution in [0.5, 0.6) is 5.75 Å². The van der Waals surface area contributed by atoms with Crippen LogP contribution >= 0.6 is 12.0 Å². The smallest absolute Gasteiger partial charge is 0.744 e. The summed E-state index contributed by atoms with van der Waals surface area (Å²) in [5, 5.41) is 23.3. The second-order valence-electron chi connectivity index (χ2n) is 3.87. The number of benzene rings is 2. The fourth-order valence-electron chi connectivity index (χ4n) is 1.89. The zero-order chi connectivity index (χ0) is 14.9. The zero-order valence-corrected chi connectivity index (χ0v) is 17.7. The average molecular weight is 362 g/mol. The molecular weight excluding hydrogens is 354 g/mol. The summed E-state index contributed by atoms with van der Waals surface area (Å²) in [5.74, 6) is -0.231. The maximum atomic E-state index is 11.3. The number of hydrogen-bond acceptors (Lipinski definition) is 8. The Kier molecular flexibility index (Phi) is 9.48. The van der Waals surface area contributed by atoms with Gasteiger partial charge >= 0.3 is 59.1 Å². The third kappa shape index (κ3) is 4.82. The van der Waals surface area contributed by atoms with Crippen LogP contribution in [-0.2, 0) is 19.5 Å². The Morgan fingerprint density at radius 2 is 1.91 bits per heavy atom. The normalized spacial score (nSPS) is 10.9. The first kappa shape index (κ1) is 22.6. The summed E-state index contributed by atoms with van der Waals surface area (Å²) in [5.41, 5.74) is 0.238. The predicted octanol–water partition coefficient (Wildman–Crippen LogP) is -5.00. The van der Waals surface area contributed by atoms with Gasteiger partial charge in [0.05, 0.1) is 21.8 Å². The molecule has 22 heavy (non-hydrogen) atoms. The van der Waals surface area contributed by atoms with E-state index < -0.39 is 15.0 Å². The Balaban J connectivity index is 0.00000220. The van der Waals surface area contributed by atoms with E-state index in [1.165, 1.54) is 25.1 Å². The van der Waals surface area contributed by atoms with Gasteiger partial charge in [0.2, 0.25) is 0 Å². The quantitative estimate of drug-likeness (QED) is 0.189. The Morgan fingerprint density at radius 1 is 1.27 bits per heavy atom. The average Bonchev–Trinajstić information content (AvgIpc) is 2.39. The molecule has 0 spiro atoms. The maximum absolute atomic E-state index is 11.3. The molecule has 2 rings (SSSR count). The van der Waals surface area contributed by atoms with E-state index >= 15 is 0 Å². The van der Waals surface area contributed by atoms with Gasteiger partial charge in [0.15, 0.2) is 0 Å². The van der Waals surface area contributed by atoms with Crippen LogP contribution < -0.4 is 64.4 Å². The second kappa shape index (κ2) is 9.21. The van der Waals surface area contributed by atoms with Crippen LogP contribution in [0.4, 0.5) is 0 Å². The minimum Gasteiger partial charge on any atom is -0.744 e. The molecule has 0 saturated heterocycles. The van der Waals surface area contributed by atoms with Gasteiger partial charge in [-0.1, -0.05) is 12.1 Å².